The van der Waals surface area contributed by atoms with E-state index in [0.29, 0.717) is 15.9 Å². The lowest BCUT2D eigenvalue weighted by Gasteiger charge is -2.14. The highest BCUT2D eigenvalue weighted by atomic mass is 35.5. The molecule has 35 heavy (non-hydrogen) atoms. The molecule has 13 heteroatoms. The molecule has 0 fully saturated rings. The van der Waals surface area contributed by atoms with Crippen molar-refractivity contribution < 1.29 is 22.4 Å². The van der Waals surface area contributed by atoms with Gasteiger partial charge in [0.25, 0.3) is 11.5 Å². The van der Waals surface area contributed by atoms with Crippen LogP contribution < -0.4 is 11.3 Å². The molecule has 0 atom stereocenters. The molecule has 0 unspecified atom stereocenters. The Kier molecular flexibility index (Phi) is 5.17. The minimum atomic E-state index is -4.92. The molecule has 1 amide bonds. The van der Waals surface area contributed by atoms with Gasteiger partial charge in [-0.15, -0.1) is 0 Å². The molecule has 0 radical (unpaired) electrons. The van der Waals surface area contributed by atoms with Gasteiger partial charge in [0.1, 0.15) is 0 Å². The van der Waals surface area contributed by atoms with Crippen molar-refractivity contribution in [2.75, 3.05) is 0 Å². The Labute approximate surface area is 198 Å². The van der Waals surface area contributed by atoms with E-state index in [1.807, 2.05) is 0 Å². The minimum absolute atomic E-state index is 0.0483. The van der Waals surface area contributed by atoms with E-state index >= 15 is 0 Å². The number of alkyl halides is 3. The number of aromatic nitrogens is 5. The Morgan fingerprint density at radius 2 is 1.89 bits per heavy atom. The van der Waals surface area contributed by atoms with Gasteiger partial charge in [0.15, 0.2) is 5.69 Å². The van der Waals surface area contributed by atoms with Crippen molar-refractivity contribution in [3.05, 3.63) is 88.1 Å². The molecule has 0 aliphatic heterocycles. The van der Waals surface area contributed by atoms with E-state index in [2.05, 4.69) is 15.1 Å². The largest absolute Gasteiger partial charge is 0.434 e. The Balaban J connectivity index is 1.68. The fraction of sp³-hybridized carbons (Fsp3) is 0.0455. The molecule has 9 nitrogen and oxygen atoms in total. The van der Waals surface area contributed by atoms with Gasteiger partial charge in [-0.25, -0.2) is 9.67 Å². The van der Waals surface area contributed by atoms with E-state index in [9.17, 15) is 22.8 Å². The van der Waals surface area contributed by atoms with E-state index in [-0.39, 0.29) is 27.6 Å². The summed E-state index contributed by atoms with van der Waals surface area (Å²) in [6.45, 7) is 0. The highest BCUT2D eigenvalue weighted by Gasteiger charge is 2.40. The van der Waals surface area contributed by atoms with Gasteiger partial charge in [-0.3, -0.25) is 19.1 Å². The molecule has 5 rings (SSSR count). The molecular formula is C22H12ClF3N6O3. The second-order valence-electron chi connectivity index (χ2n) is 7.31. The van der Waals surface area contributed by atoms with Crippen molar-refractivity contribution >= 4 is 28.3 Å². The van der Waals surface area contributed by atoms with Crippen LogP contribution in [0.2, 0.25) is 5.22 Å². The van der Waals surface area contributed by atoms with E-state index < -0.39 is 28.9 Å². The predicted molar refractivity (Wildman–Crippen MR) is 118 cm³/mol. The lowest BCUT2D eigenvalue weighted by Crippen LogP contribution is -2.21. The number of carbonyl (C=O) groups excluding carboxylic acids is 1. The first-order valence-corrected chi connectivity index (χ1v) is 10.2. The molecule has 0 saturated carbocycles. The maximum absolute atomic E-state index is 13.8. The smallest absolute Gasteiger partial charge is 0.425 e. The molecular weight excluding hydrogens is 489 g/mol. The zero-order valence-corrected chi connectivity index (χ0v) is 18.1. The third kappa shape index (κ3) is 3.83. The van der Waals surface area contributed by atoms with Crippen molar-refractivity contribution in [1.29, 1.82) is 0 Å². The van der Waals surface area contributed by atoms with Crippen LogP contribution >= 0.6 is 11.6 Å². The molecule has 5 aromatic rings. The summed E-state index contributed by atoms with van der Waals surface area (Å²) in [6, 6.07) is 7.30. The van der Waals surface area contributed by atoms with E-state index in [1.54, 1.807) is 6.07 Å². The highest BCUT2D eigenvalue weighted by molar-refractivity contribution is 6.28. The summed E-state index contributed by atoms with van der Waals surface area (Å²) in [7, 11) is 0. The van der Waals surface area contributed by atoms with Crippen LogP contribution in [-0.2, 0) is 6.18 Å². The molecule has 2 N–H and O–H groups in total. The number of benzene rings is 1. The van der Waals surface area contributed by atoms with Gasteiger partial charge < -0.3 is 10.2 Å². The summed E-state index contributed by atoms with van der Waals surface area (Å²) in [5.41, 5.74) is 3.25. The summed E-state index contributed by atoms with van der Waals surface area (Å²) in [5.74, 6) is -1.07. The lowest BCUT2D eigenvalue weighted by atomic mass is 10.1. The van der Waals surface area contributed by atoms with E-state index in [1.165, 1.54) is 53.6 Å². The Hall–Kier alpha value is -4.45. The molecule has 0 aliphatic rings. The van der Waals surface area contributed by atoms with Crippen molar-refractivity contribution in [1.82, 2.24) is 24.3 Å². The summed E-state index contributed by atoms with van der Waals surface area (Å²) < 4.78 is 48.4. The number of pyridine rings is 2. The van der Waals surface area contributed by atoms with E-state index in [4.69, 9.17) is 21.8 Å². The summed E-state index contributed by atoms with van der Waals surface area (Å²) in [5, 5.41) is 4.10. The van der Waals surface area contributed by atoms with Crippen molar-refractivity contribution in [2.45, 2.75) is 6.18 Å². The van der Waals surface area contributed by atoms with Crippen LogP contribution in [0.25, 0.3) is 33.6 Å². The average molecular weight is 501 g/mol. The number of fused-ring (bicyclic) bond motifs is 1. The number of primary amides is 1. The first-order chi connectivity index (χ1) is 16.6. The standard InChI is InChI=1S/C22H12ClF3N6O3/c23-17-10-29-20(35-17)11-6-12(8-28-7-11)31-5-4-13-14(21(31)34)2-1-3-16(13)32-18(22(24,25)26)15(9-30-32)19(27)33/h1-10H,(H2,27,33). The van der Waals surface area contributed by atoms with Gasteiger partial charge in [-0.05, 0) is 35.9 Å². The first-order valence-electron chi connectivity index (χ1n) is 9.82. The molecule has 1 aromatic carbocycles. The SMILES string of the molecule is NC(=O)c1cnn(-c2cccc3c(=O)n(-c4cncc(-c5ncc(Cl)o5)c4)ccc23)c1C(F)(F)F. The van der Waals surface area contributed by atoms with Crippen LogP contribution in [0.1, 0.15) is 16.1 Å². The Morgan fingerprint density at radius 3 is 2.57 bits per heavy atom. The first kappa shape index (κ1) is 22.3. The average Bonchev–Trinajstić information content (AvgIpc) is 3.46. The van der Waals surface area contributed by atoms with Crippen LogP contribution in [0.4, 0.5) is 13.2 Å². The lowest BCUT2D eigenvalue weighted by molar-refractivity contribution is -0.143. The Morgan fingerprint density at radius 1 is 1.09 bits per heavy atom. The third-order valence-corrected chi connectivity index (χ3v) is 5.36. The van der Waals surface area contributed by atoms with E-state index in [0.717, 1.165) is 6.20 Å². The van der Waals surface area contributed by atoms with Crippen molar-refractivity contribution in [3.63, 3.8) is 0 Å². The van der Waals surface area contributed by atoms with Crippen LogP contribution in [-0.4, -0.2) is 30.2 Å². The normalized spacial score (nSPS) is 11.8. The summed E-state index contributed by atoms with van der Waals surface area (Å²) >= 11 is 5.77. The Bertz CT molecular complexity index is 1670. The van der Waals surface area contributed by atoms with Crippen LogP contribution in [0.5, 0.6) is 0 Å². The number of oxazole rings is 1. The number of nitrogens with zero attached hydrogens (tertiary/aromatic N) is 5. The van der Waals surface area contributed by atoms with Crippen LogP contribution in [0, 0.1) is 0 Å². The number of hydrogen-bond donors (Lipinski definition) is 1. The number of amides is 1. The predicted octanol–water partition coefficient (Wildman–Crippen LogP) is 4.00. The van der Waals surface area contributed by atoms with Gasteiger partial charge in [0.2, 0.25) is 11.1 Å². The number of rotatable bonds is 4. The topological polar surface area (TPSA) is 122 Å². The maximum Gasteiger partial charge on any atom is 0.434 e. The molecule has 4 heterocycles. The zero-order chi connectivity index (χ0) is 24.9. The maximum atomic E-state index is 13.8. The van der Waals surface area contributed by atoms with Gasteiger partial charge in [-0.1, -0.05) is 6.07 Å². The van der Waals surface area contributed by atoms with Crippen molar-refractivity contribution in [3.8, 4) is 22.8 Å². The van der Waals surface area contributed by atoms with Gasteiger partial charge >= 0.3 is 6.18 Å². The van der Waals surface area contributed by atoms with Gasteiger partial charge in [-0.2, -0.15) is 18.3 Å². The van der Waals surface area contributed by atoms with Crippen molar-refractivity contribution in [2.24, 2.45) is 5.73 Å². The third-order valence-electron chi connectivity index (χ3n) is 5.18. The molecule has 4 aromatic heterocycles. The minimum Gasteiger partial charge on any atom is -0.425 e. The quantitative estimate of drug-likeness (QED) is 0.398. The van der Waals surface area contributed by atoms with Crippen LogP contribution in [0.15, 0.2) is 70.5 Å². The highest BCUT2D eigenvalue weighted by Crippen LogP contribution is 2.35. The molecule has 0 bridgehead atoms. The van der Waals surface area contributed by atoms with Gasteiger partial charge in [0.05, 0.1) is 41.1 Å². The summed E-state index contributed by atoms with van der Waals surface area (Å²) in [4.78, 5) is 33.0. The second kappa shape index (κ2) is 8.09. The molecule has 176 valence electrons. The van der Waals surface area contributed by atoms with Gasteiger partial charge in [0, 0.05) is 23.2 Å². The zero-order valence-electron chi connectivity index (χ0n) is 17.3. The molecule has 0 aliphatic carbocycles. The monoisotopic (exact) mass is 500 g/mol. The summed E-state index contributed by atoms with van der Waals surface area (Å²) in [6.07, 6.45) is 1.44. The molecule has 0 saturated heterocycles. The number of carbonyl (C=O) groups is 1. The second-order valence-corrected chi connectivity index (χ2v) is 7.68. The fourth-order valence-electron chi connectivity index (χ4n) is 3.70. The number of hydrogen-bond acceptors (Lipinski definition) is 6. The number of nitrogens with two attached hydrogens (primary N) is 1. The fourth-order valence-corrected chi connectivity index (χ4v) is 3.82. The van der Waals surface area contributed by atoms with Crippen LogP contribution in [0.3, 0.4) is 0 Å². The molecule has 0 spiro atoms. The number of halogens is 4.